The normalized spacial score (nSPS) is 14.3. The number of hydrogen-bond donors (Lipinski definition) is 1. The van der Waals surface area contributed by atoms with Gasteiger partial charge in [0.25, 0.3) is 11.1 Å². The molecule has 1 saturated heterocycles. The highest BCUT2D eigenvalue weighted by Gasteiger charge is 2.36. The Kier molecular flexibility index (Phi) is 8.81. The van der Waals surface area contributed by atoms with E-state index >= 15 is 0 Å². The molecule has 3 amide bonds. The molecular weight excluding hydrogens is 603 g/mol. The molecule has 37 heavy (non-hydrogen) atoms. The summed E-state index contributed by atoms with van der Waals surface area (Å²) < 4.78 is 11.8. The van der Waals surface area contributed by atoms with E-state index in [4.69, 9.17) is 32.7 Å². The molecule has 190 valence electrons. The molecule has 0 aromatic heterocycles. The van der Waals surface area contributed by atoms with Gasteiger partial charge in [0.1, 0.15) is 18.9 Å². The number of nitrogens with zero attached hydrogens (tertiary/aromatic N) is 1. The lowest BCUT2D eigenvalue weighted by Crippen LogP contribution is -2.36. The second-order valence-corrected chi connectivity index (χ2v) is 10.5. The van der Waals surface area contributed by atoms with Crippen LogP contribution in [0.1, 0.15) is 11.1 Å². The van der Waals surface area contributed by atoms with E-state index in [9.17, 15) is 14.4 Å². The number of halogens is 3. The van der Waals surface area contributed by atoms with Crippen molar-refractivity contribution in [3.63, 3.8) is 0 Å². The van der Waals surface area contributed by atoms with E-state index < -0.39 is 23.6 Å². The fourth-order valence-corrected chi connectivity index (χ4v) is 5.06. The maximum atomic E-state index is 12.8. The van der Waals surface area contributed by atoms with E-state index in [0.29, 0.717) is 22.7 Å². The molecule has 0 radical (unpaired) electrons. The number of ether oxygens (including phenoxy) is 2. The van der Waals surface area contributed by atoms with Crippen molar-refractivity contribution < 1.29 is 23.9 Å². The lowest BCUT2D eigenvalue weighted by atomic mass is 10.2. The molecule has 7 nitrogen and oxygen atoms in total. The van der Waals surface area contributed by atoms with E-state index in [2.05, 4.69) is 21.2 Å². The number of imide groups is 1. The van der Waals surface area contributed by atoms with Crippen molar-refractivity contribution in [3.05, 3.63) is 91.2 Å². The van der Waals surface area contributed by atoms with Gasteiger partial charge in [-0.25, -0.2) is 0 Å². The number of methoxy groups -OCH3 is 1. The third-order valence-electron chi connectivity index (χ3n) is 5.16. The molecule has 0 unspecified atom stereocenters. The van der Waals surface area contributed by atoms with Crippen LogP contribution < -0.4 is 14.8 Å². The lowest BCUT2D eigenvalue weighted by molar-refractivity contribution is -0.127. The Labute approximate surface area is 235 Å². The first kappa shape index (κ1) is 27.1. The molecular formula is C26H19BrCl2N2O5S. The Morgan fingerprint density at radius 1 is 1.05 bits per heavy atom. The number of thioether (sulfide) groups is 1. The molecule has 0 saturated carbocycles. The summed E-state index contributed by atoms with van der Waals surface area (Å²) >= 11 is 16.9. The first-order valence-electron chi connectivity index (χ1n) is 10.8. The minimum Gasteiger partial charge on any atom is -0.497 e. The quantitative estimate of drug-likeness (QED) is 0.272. The maximum Gasteiger partial charge on any atom is 0.294 e. The summed E-state index contributed by atoms with van der Waals surface area (Å²) in [5, 5.41) is 2.62. The van der Waals surface area contributed by atoms with E-state index in [0.717, 1.165) is 26.7 Å². The van der Waals surface area contributed by atoms with Gasteiger partial charge in [0, 0.05) is 10.2 Å². The van der Waals surface area contributed by atoms with Gasteiger partial charge in [-0.15, -0.1) is 0 Å². The van der Waals surface area contributed by atoms with Crippen LogP contribution >= 0.6 is 50.9 Å². The van der Waals surface area contributed by atoms with Gasteiger partial charge in [0.05, 0.1) is 22.1 Å². The van der Waals surface area contributed by atoms with Crippen LogP contribution in [0, 0.1) is 0 Å². The summed E-state index contributed by atoms with van der Waals surface area (Å²) in [4.78, 5) is 38.7. The predicted molar refractivity (Wildman–Crippen MR) is 149 cm³/mol. The van der Waals surface area contributed by atoms with Crippen molar-refractivity contribution in [1.29, 1.82) is 0 Å². The van der Waals surface area contributed by atoms with Crippen LogP contribution in [0.4, 0.5) is 10.5 Å². The van der Waals surface area contributed by atoms with Gasteiger partial charge in [-0.05, 0) is 77.5 Å². The van der Waals surface area contributed by atoms with Crippen molar-refractivity contribution in [2.75, 3.05) is 19.0 Å². The minimum atomic E-state index is -0.581. The van der Waals surface area contributed by atoms with Gasteiger partial charge in [0.15, 0.2) is 5.75 Å². The smallest absolute Gasteiger partial charge is 0.294 e. The summed E-state index contributed by atoms with van der Waals surface area (Å²) in [6.07, 6.45) is 1.50. The summed E-state index contributed by atoms with van der Waals surface area (Å²) in [6, 6.07) is 17.5. The molecule has 1 aliphatic heterocycles. The summed E-state index contributed by atoms with van der Waals surface area (Å²) in [5.74, 6) is -0.139. The monoisotopic (exact) mass is 620 g/mol. The van der Waals surface area contributed by atoms with Crippen LogP contribution in [-0.2, 0) is 16.2 Å². The highest BCUT2D eigenvalue weighted by Crippen LogP contribution is 2.38. The van der Waals surface area contributed by atoms with E-state index in [1.807, 2.05) is 24.3 Å². The Morgan fingerprint density at radius 3 is 2.32 bits per heavy atom. The highest BCUT2D eigenvalue weighted by atomic mass is 79.9. The van der Waals surface area contributed by atoms with E-state index in [-0.39, 0.29) is 21.6 Å². The van der Waals surface area contributed by atoms with Crippen LogP contribution in [0.5, 0.6) is 11.5 Å². The second kappa shape index (κ2) is 12.0. The number of nitrogens with one attached hydrogen (secondary N) is 1. The number of carbonyl (C=O) groups is 3. The van der Waals surface area contributed by atoms with Crippen molar-refractivity contribution in [2.24, 2.45) is 0 Å². The summed E-state index contributed by atoms with van der Waals surface area (Å²) in [6.45, 7) is -0.151. The topological polar surface area (TPSA) is 84.9 Å². The van der Waals surface area contributed by atoms with Gasteiger partial charge in [0.2, 0.25) is 5.91 Å². The number of benzene rings is 3. The third-order valence-corrected chi connectivity index (χ3v) is 7.16. The van der Waals surface area contributed by atoms with Crippen LogP contribution in [-0.4, -0.2) is 35.6 Å². The molecule has 0 atom stereocenters. The summed E-state index contributed by atoms with van der Waals surface area (Å²) in [7, 11) is 1.54. The first-order chi connectivity index (χ1) is 17.7. The molecule has 1 aliphatic rings. The Hall–Kier alpha value is -2.98. The molecule has 0 bridgehead atoms. The number of hydrogen-bond acceptors (Lipinski definition) is 6. The van der Waals surface area contributed by atoms with Crippen molar-refractivity contribution >= 4 is 79.7 Å². The molecule has 4 rings (SSSR count). The zero-order valence-corrected chi connectivity index (χ0v) is 23.2. The van der Waals surface area contributed by atoms with Gasteiger partial charge in [-0.1, -0.05) is 51.3 Å². The predicted octanol–water partition coefficient (Wildman–Crippen LogP) is 7.02. The van der Waals surface area contributed by atoms with Crippen molar-refractivity contribution in [3.8, 4) is 11.5 Å². The SMILES string of the molecule is COc1ccc(NC(=O)CN2C(=O)S/C(=C/c3cc(Cl)c(OCc4ccc(Br)cc4)c(Cl)c3)C2=O)cc1. The molecule has 0 aliphatic carbocycles. The van der Waals surface area contributed by atoms with Crippen LogP contribution in [0.15, 0.2) is 70.0 Å². The molecule has 1 heterocycles. The first-order valence-corrected chi connectivity index (χ1v) is 13.2. The average Bonchev–Trinajstić information content (AvgIpc) is 3.12. The zero-order chi connectivity index (χ0) is 26.5. The van der Waals surface area contributed by atoms with Crippen LogP contribution in [0.3, 0.4) is 0 Å². The van der Waals surface area contributed by atoms with E-state index in [1.165, 1.54) is 13.2 Å². The van der Waals surface area contributed by atoms with Gasteiger partial charge < -0.3 is 14.8 Å². The highest BCUT2D eigenvalue weighted by molar-refractivity contribution is 9.10. The van der Waals surface area contributed by atoms with Gasteiger partial charge in [-0.3, -0.25) is 19.3 Å². The number of amides is 3. The van der Waals surface area contributed by atoms with Gasteiger partial charge in [-0.2, -0.15) is 0 Å². The second-order valence-electron chi connectivity index (χ2n) is 7.77. The Bertz CT molecular complexity index is 1360. The maximum absolute atomic E-state index is 12.8. The van der Waals surface area contributed by atoms with Crippen molar-refractivity contribution in [1.82, 2.24) is 4.90 Å². The van der Waals surface area contributed by atoms with Crippen LogP contribution in [0.2, 0.25) is 10.0 Å². The fourth-order valence-electron chi connectivity index (χ4n) is 3.34. The lowest BCUT2D eigenvalue weighted by Gasteiger charge is -2.13. The summed E-state index contributed by atoms with van der Waals surface area (Å²) in [5.41, 5.74) is 1.96. The van der Waals surface area contributed by atoms with Gasteiger partial charge >= 0.3 is 0 Å². The Morgan fingerprint density at radius 2 is 1.70 bits per heavy atom. The number of anilines is 1. The molecule has 1 fully saturated rings. The number of rotatable bonds is 8. The van der Waals surface area contributed by atoms with Crippen LogP contribution in [0.25, 0.3) is 6.08 Å². The molecule has 1 N–H and O–H groups in total. The fraction of sp³-hybridized carbons (Fsp3) is 0.115. The molecule has 3 aromatic rings. The standard InChI is InChI=1S/C26H19BrCl2N2O5S/c1-35-19-8-6-18(7-9-19)30-23(32)13-31-25(33)22(37-26(31)34)12-16-10-20(28)24(21(29)11-16)36-14-15-2-4-17(27)5-3-15/h2-12H,13-14H2,1H3,(H,30,32)/b22-12+. The Balaban J connectivity index is 1.41. The largest absolute Gasteiger partial charge is 0.497 e. The number of carbonyl (C=O) groups excluding carboxylic acids is 3. The molecule has 0 spiro atoms. The van der Waals surface area contributed by atoms with E-state index in [1.54, 1.807) is 36.4 Å². The minimum absolute atomic E-state index is 0.151. The molecule has 3 aromatic carbocycles. The average molecular weight is 622 g/mol. The van der Waals surface area contributed by atoms with Crippen molar-refractivity contribution in [2.45, 2.75) is 6.61 Å². The third kappa shape index (κ3) is 6.87. The zero-order valence-electron chi connectivity index (χ0n) is 19.3. The molecule has 11 heteroatoms.